The van der Waals surface area contributed by atoms with Crippen LogP contribution >= 0.6 is 11.6 Å². The zero-order chi connectivity index (χ0) is 11.4. The van der Waals surface area contributed by atoms with Gasteiger partial charge in [0, 0.05) is 7.05 Å². The van der Waals surface area contributed by atoms with Crippen molar-refractivity contribution in [2.45, 2.75) is 6.92 Å². The fraction of sp³-hybridized carbons (Fsp3) is 0.333. The van der Waals surface area contributed by atoms with E-state index in [2.05, 4.69) is 10.3 Å². The Balaban J connectivity index is 3.25. The van der Waals surface area contributed by atoms with E-state index >= 15 is 0 Å². The third kappa shape index (κ3) is 2.50. The standard InChI is InChI=1S/C9H11ClN2O3/c1-3-15-8-5(9(13)14)4-6(10)7(11-2)12-8/h4H,3H2,1-2H3,(H,11,12)(H,13,14). The molecule has 0 unspecified atom stereocenters. The van der Waals surface area contributed by atoms with Gasteiger partial charge >= 0.3 is 5.97 Å². The van der Waals surface area contributed by atoms with Crippen molar-refractivity contribution < 1.29 is 14.6 Å². The number of carboxylic acids is 1. The van der Waals surface area contributed by atoms with Crippen molar-refractivity contribution in [2.24, 2.45) is 0 Å². The van der Waals surface area contributed by atoms with E-state index in [0.717, 1.165) is 0 Å². The Morgan fingerprint density at radius 1 is 1.73 bits per heavy atom. The van der Waals surface area contributed by atoms with Gasteiger partial charge in [-0.3, -0.25) is 0 Å². The van der Waals surface area contributed by atoms with Gasteiger partial charge in [0.05, 0.1) is 11.6 Å². The molecular formula is C9H11ClN2O3. The van der Waals surface area contributed by atoms with Gasteiger partial charge in [-0.2, -0.15) is 4.98 Å². The van der Waals surface area contributed by atoms with E-state index in [1.54, 1.807) is 14.0 Å². The molecule has 1 rings (SSSR count). The molecule has 6 heteroatoms. The van der Waals surface area contributed by atoms with Crippen LogP contribution in [0.3, 0.4) is 0 Å². The molecule has 0 aliphatic rings. The molecule has 0 saturated heterocycles. The van der Waals surface area contributed by atoms with Gasteiger partial charge in [-0.05, 0) is 13.0 Å². The summed E-state index contributed by atoms with van der Waals surface area (Å²) in [5.74, 6) is -0.653. The molecule has 1 aromatic heterocycles. The van der Waals surface area contributed by atoms with E-state index in [1.165, 1.54) is 6.07 Å². The Morgan fingerprint density at radius 3 is 2.87 bits per heavy atom. The van der Waals surface area contributed by atoms with E-state index in [4.69, 9.17) is 21.4 Å². The second kappa shape index (κ2) is 4.84. The first-order valence-corrected chi connectivity index (χ1v) is 4.72. The van der Waals surface area contributed by atoms with E-state index in [-0.39, 0.29) is 16.5 Å². The second-order valence-corrected chi connectivity index (χ2v) is 3.07. The van der Waals surface area contributed by atoms with E-state index < -0.39 is 5.97 Å². The minimum atomic E-state index is -1.12. The molecule has 0 fully saturated rings. The SMILES string of the molecule is CCOc1nc(NC)c(Cl)cc1C(=O)O. The minimum Gasteiger partial charge on any atom is -0.477 e. The monoisotopic (exact) mass is 230 g/mol. The summed E-state index contributed by atoms with van der Waals surface area (Å²) in [5.41, 5.74) is -0.0409. The van der Waals surface area contributed by atoms with Crippen molar-refractivity contribution in [3.63, 3.8) is 0 Å². The summed E-state index contributed by atoms with van der Waals surface area (Å²) >= 11 is 5.80. The molecule has 15 heavy (non-hydrogen) atoms. The van der Waals surface area contributed by atoms with Crippen LogP contribution < -0.4 is 10.1 Å². The molecule has 0 spiro atoms. The minimum absolute atomic E-state index is 0.0409. The third-order valence-electron chi connectivity index (χ3n) is 1.69. The maximum Gasteiger partial charge on any atom is 0.341 e. The number of pyridine rings is 1. The number of hydrogen-bond donors (Lipinski definition) is 2. The van der Waals surface area contributed by atoms with Crippen molar-refractivity contribution in [3.8, 4) is 5.88 Å². The van der Waals surface area contributed by atoms with Crippen LogP contribution in [0.1, 0.15) is 17.3 Å². The Hall–Kier alpha value is -1.49. The van der Waals surface area contributed by atoms with Crippen LogP contribution in [0.4, 0.5) is 5.82 Å². The number of anilines is 1. The largest absolute Gasteiger partial charge is 0.477 e. The number of halogens is 1. The van der Waals surface area contributed by atoms with E-state index in [1.807, 2.05) is 0 Å². The van der Waals surface area contributed by atoms with Crippen LogP contribution in [0.25, 0.3) is 0 Å². The van der Waals surface area contributed by atoms with Crippen LogP contribution in [-0.2, 0) is 0 Å². The fourth-order valence-electron chi connectivity index (χ4n) is 1.05. The predicted octanol–water partition coefficient (Wildman–Crippen LogP) is 1.87. The quantitative estimate of drug-likeness (QED) is 0.826. The van der Waals surface area contributed by atoms with Crippen molar-refractivity contribution >= 4 is 23.4 Å². The topological polar surface area (TPSA) is 71.5 Å². The number of nitrogens with one attached hydrogen (secondary N) is 1. The summed E-state index contributed by atoms with van der Waals surface area (Å²) < 4.78 is 5.11. The highest BCUT2D eigenvalue weighted by Gasteiger charge is 2.16. The molecule has 0 aromatic carbocycles. The molecule has 0 radical (unpaired) electrons. The van der Waals surface area contributed by atoms with Crippen LogP contribution in [0.5, 0.6) is 5.88 Å². The number of aromatic nitrogens is 1. The summed E-state index contributed by atoms with van der Waals surface area (Å²) in [6.07, 6.45) is 0. The molecule has 0 aliphatic heterocycles. The number of ether oxygens (including phenoxy) is 1. The first-order chi connectivity index (χ1) is 7.10. The third-order valence-corrected chi connectivity index (χ3v) is 1.98. The zero-order valence-electron chi connectivity index (χ0n) is 8.37. The van der Waals surface area contributed by atoms with Crippen molar-refractivity contribution in [2.75, 3.05) is 19.0 Å². The molecule has 0 saturated carbocycles. The Labute approximate surface area is 92.0 Å². The Bertz CT molecular complexity index is 382. The highest BCUT2D eigenvalue weighted by atomic mass is 35.5. The highest BCUT2D eigenvalue weighted by molar-refractivity contribution is 6.33. The Kier molecular flexibility index (Phi) is 3.74. The number of carbonyl (C=O) groups is 1. The first kappa shape index (κ1) is 11.6. The normalized spacial score (nSPS) is 9.80. The predicted molar refractivity (Wildman–Crippen MR) is 56.9 cm³/mol. The smallest absolute Gasteiger partial charge is 0.341 e. The molecule has 1 heterocycles. The summed E-state index contributed by atoms with van der Waals surface area (Å²) in [6, 6.07) is 1.31. The number of aromatic carboxylic acids is 1. The Morgan fingerprint density at radius 2 is 2.40 bits per heavy atom. The van der Waals surface area contributed by atoms with Crippen molar-refractivity contribution in [1.82, 2.24) is 4.98 Å². The number of rotatable bonds is 4. The van der Waals surface area contributed by atoms with Gasteiger partial charge in [-0.1, -0.05) is 11.6 Å². The maximum absolute atomic E-state index is 10.8. The van der Waals surface area contributed by atoms with Crippen LogP contribution in [-0.4, -0.2) is 29.7 Å². The molecule has 5 nitrogen and oxygen atoms in total. The van der Waals surface area contributed by atoms with E-state index in [9.17, 15) is 4.79 Å². The van der Waals surface area contributed by atoms with Crippen LogP contribution in [0.15, 0.2) is 6.07 Å². The number of carboxylic acid groups (broad SMARTS) is 1. The lowest BCUT2D eigenvalue weighted by molar-refractivity contribution is 0.0691. The average molecular weight is 231 g/mol. The summed E-state index contributed by atoms with van der Waals surface area (Å²) in [6.45, 7) is 2.10. The van der Waals surface area contributed by atoms with Gasteiger partial charge in [-0.25, -0.2) is 4.79 Å². The van der Waals surface area contributed by atoms with Crippen molar-refractivity contribution in [1.29, 1.82) is 0 Å². The summed E-state index contributed by atoms with van der Waals surface area (Å²) in [4.78, 5) is 14.8. The lowest BCUT2D eigenvalue weighted by Crippen LogP contribution is -2.07. The average Bonchev–Trinajstić information content (AvgIpc) is 2.20. The molecule has 1 aromatic rings. The maximum atomic E-state index is 10.8. The lowest BCUT2D eigenvalue weighted by atomic mass is 10.2. The highest BCUT2D eigenvalue weighted by Crippen LogP contribution is 2.26. The fourth-order valence-corrected chi connectivity index (χ4v) is 1.29. The van der Waals surface area contributed by atoms with E-state index in [0.29, 0.717) is 12.4 Å². The van der Waals surface area contributed by atoms with Gasteiger partial charge in [0.25, 0.3) is 0 Å². The van der Waals surface area contributed by atoms with Gasteiger partial charge in [0.2, 0.25) is 5.88 Å². The summed E-state index contributed by atoms with van der Waals surface area (Å²) in [7, 11) is 1.64. The molecule has 82 valence electrons. The van der Waals surface area contributed by atoms with Crippen molar-refractivity contribution in [3.05, 3.63) is 16.7 Å². The first-order valence-electron chi connectivity index (χ1n) is 4.34. The van der Waals surface area contributed by atoms with Crippen LogP contribution in [0, 0.1) is 0 Å². The molecule has 2 N–H and O–H groups in total. The second-order valence-electron chi connectivity index (χ2n) is 2.66. The molecule has 0 amide bonds. The lowest BCUT2D eigenvalue weighted by Gasteiger charge is -2.09. The number of hydrogen-bond acceptors (Lipinski definition) is 4. The molecular weight excluding hydrogens is 220 g/mol. The molecule has 0 bridgehead atoms. The summed E-state index contributed by atoms with van der Waals surface area (Å²) in [5, 5.41) is 11.9. The zero-order valence-corrected chi connectivity index (χ0v) is 9.13. The van der Waals surface area contributed by atoms with Gasteiger partial charge < -0.3 is 15.2 Å². The van der Waals surface area contributed by atoms with Gasteiger partial charge in [-0.15, -0.1) is 0 Å². The molecule has 0 atom stereocenters. The van der Waals surface area contributed by atoms with Gasteiger partial charge in [0.15, 0.2) is 0 Å². The van der Waals surface area contributed by atoms with Gasteiger partial charge in [0.1, 0.15) is 11.4 Å². The number of nitrogens with zero attached hydrogens (tertiary/aromatic N) is 1. The van der Waals surface area contributed by atoms with Crippen LogP contribution in [0.2, 0.25) is 5.02 Å². The molecule has 0 aliphatic carbocycles.